The number of amides is 2. The molecule has 2 aliphatic rings. The van der Waals surface area contributed by atoms with Gasteiger partial charge in [-0.2, -0.15) is 0 Å². The van der Waals surface area contributed by atoms with Gasteiger partial charge in [0.2, 0.25) is 6.29 Å². The van der Waals surface area contributed by atoms with Crippen LogP contribution in [0.25, 0.3) is 11.1 Å². The summed E-state index contributed by atoms with van der Waals surface area (Å²) in [5.41, 5.74) is 0.608. The zero-order valence-corrected chi connectivity index (χ0v) is 23.0. The minimum Gasteiger partial charge on any atom is -0.497 e. The van der Waals surface area contributed by atoms with Gasteiger partial charge in [-0.15, -0.1) is 0 Å². The molecule has 1 unspecified atom stereocenters. The van der Waals surface area contributed by atoms with Crippen LogP contribution in [0.4, 0.5) is 4.79 Å². The number of pyridine rings is 1. The normalized spacial score (nSPS) is 15.9. The topological polar surface area (TPSA) is 142 Å². The van der Waals surface area contributed by atoms with E-state index in [-0.39, 0.29) is 28.6 Å². The Bertz CT molecular complexity index is 1250. The first kappa shape index (κ1) is 28.8. The van der Waals surface area contributed by atoms with E-state index in [0.717, 1.165) is 44.9 Å². The van der Waals surface area contributed by atoms with Gasteiger partial charge in [0.05, 0.1) is 7.11 Å². The third-order valence-electron chi connectivity index (χ3n) is 6.91. The van der Waals surface area contributed by atoms with E-state index in [1.54, 1.807) is 18.2 Å². The number of carbonyl (C=O) groups is 4. The highest BCUT2D eigenvalue weighted by Gasteiger charge is 2.27. The van der Waals surface area contributed by atoms with Crippen LogP contribution in [0.5, 0.6) is 5.75 Å². The summed E-state index contributed by atoms with van der Waals surface area (Å²) in [6, 6.07) is 7.77. The van der Waals surface area contributed by atoms with Gasteiger partial charge < -0.3 is 29.6 Å². The van der Waals surface area contributed by atoms with Crippen molar-refractivity contribution in [3.8, 4) is 16.9 Å². The van der Waals surface area contributed by atoms with Crippen molar-refractivity contribution in [1.29, 1.82) is 0 Å². The molecule has 11 nitrogen and oxygen atoms in total. The monoisotopic (exact) mass is 553 g/mol. The molecule has 2 N–H and O–H groups in total. The number of carbonyl (C=O) groups excluding carboxylic acids is 4. The number of rotatable bonds is 10. The lowest BCUT2D eigenvalue weighted by Gasteiger charge is -2.22. The van der Waals surface area contributed by atoms with E-state index in [2.05, 4.69) is 15.6 Å². The van der Waals surface area contributed by atoms with Crippen LogP contribution >= 0.6 is 0 Å². The first-order valence-electron chi connectivity index (χ1n) is 13.6. The molecule has 0 bridgehead atoms. The maximum absolute atomic E-state index is 13.4. The molecule has 2 aliphatic carbocycles. The number of hydrogen-bond donors (Lipinski definition) is 2. The van der Waals surface area contributed by atoms with E-state index in [4.69, 9.17) is 18.9 Å². The largest absolute Gasteiger partial charge is 0.511 e. The number of nitrogens with one attached hydrogen (secondary N) is 2. The lowest BCUT2D eigenvalue weighted by Crippen LogP contribution is -2.29. The molecule has 2 aromatic rings. The number of esters is 1. The zero-order valence-electron chi connectivity index (χ0n) is 23.0. The number of aromatic nitrogens is 1. The van der Waals surface area contributed by atoms with Crippen molar-refractivity contribution in [3.63, 3.8) is 0 Å². The van der Waals surface area contributed by atoms with Gasteiger partial charge in [0.25, 0.3) is 11.8 Å². The van der Waals surface area contributed by atoms with Crippen LogP contribution in [0.2, 0.25) is 0 Å². The smallest absolute Gasteiger partial charge is 0.497 e. The van der Waals surface area contributed by atoms with E-state index in [1.807, 2.05) is 0 Å². The van der Waals surface area contributed by atoms with Gasteiger partial charge in [0.15, 0.2) is 5.69 Å². The second-order valence-corrected chi connectivity index (χ2v) is 9.96. The quantitative estimate of drug-likeness (QED) is 0.326. The number of hydrogen-bond acceptors (Lipinski definition) is 9. The van der Waals surface area contributed by atoms with Crippen molar-refractivity contribution >= 4 is 23.9 Å². The Labute approximate surface area is 232 Å². The Hall–Kier alpha value is -4.15. The van der Waals surface area contributed by atoms with Gasteiger partial charge in [0, 0.05) is 37.2 Å². The maximum Gasteiger partial charge on any atom is 0.511 e. The average Bonchev–Trinajstić information content (AvgIpc) is 3.80. The molecule has 1 aromatic carbocycles. The molecular formula is C29H35N3O8. The standard InChI is InChI=1S/C29H35N3O8/c1-17(39-29(36)40-19-7-5-4-6-8-19)38-28(35)25-21(13-14-24(32-25)27(34)31-16-18-9-10-18)23-15-20(37-3)11-12-22(23)26(33)30-2/h11-15,17-19H,4-10,16H2,1-3H3,(H,30,33)(H,31,34). The third kappa shape index (κ3) is 7.49. The predicted molar refractivity (Wildman–Crippen MR) is 144 cm³/mol. The van der Waals surface area contributed by atoms with Crippen molar-refractivity contribution in [2.45, 2.75) is 64.3 Å². The van der Waals surface area contributed by atoms with E-state index in [1.165, 1.54) is 33.2 Å². The van der Waals surface area contributed by atoms with E-state index in [9.17, 15) is 19.2 Å². The second-order valence-electron chi connectivity index (χ2n) is 9.96. The molecule has 1 heterocycles. The summed E-state index contributed by atoms with van der Waals surface area (Å²) < 4.78 is 21.2. The van der Waals surface area contributed by atoms with Crippen LogP contribution in [-0.4, -0.2) is 62.0 Å². The Kier molecular flexibility index (Phi) is 9.57. The van der Waals surface area contributed by atoms with E-state index >= 15 is 0 Å². The van der Waals surface area contributed by atoms with Crippen LogP contribution in [0.15, 0.2) is 30.3 Å². The third-order valence-corrected chi connectivity index (χ3v) is 6.91. The van der Waals surface area contributed by atoms with E-state index in [0.29, 0.717) is 23.8 Å². The molecule has 0 aliphatic heterocycles. The van der Waals surface area contributed by atoms with Crippen molar-refractivity contribution in [3.05, 3.63) is 47.3 Å². The number of ether oxygens (including phenoxy) is 4. The molecule has 4 rings (SSSR count). The average molecular weight is 554 g/mol. The first-order chi connectivity index (χ1) is 19.3. The molecule has 0 spiro atoms. The summed E-state index contributed by atoms with van der Waals surface area (Å²) in [5.74, 6) is -0.896. The number of methoxy groups -OCH3 is 1. The Balaban J connectivity index is 1.60. The Morgan fingerprint density at radius 1 is 0.950 bits per heavy atom. The van der Waals surface area contributed by atoms with Crippen molar-refractivity contribution in [1.82, 2.24) is 15.6 Å². The second kappa shape index (κ2) is 13.3. The fraction of sp³-hybridized carbons (Fsp3) is 0.483. The summed E-state index contributed by atoms with van der Waals surface area (Å²) in [5, 5.41) is 5.40. The molecule has 2 saturated carbocycles. The van der Waals surface area contributed by atoms with Crippen LogP contribution in [-0.2, 0) is 14.2 Å². The molecule has 1 atom stereocenters. The maximum atomic E-state index is 13.4. The highest BCUT2D eigenvalue weighted by molar-refractivity contribution is 6.05. The molecular weight excluding hydrogens is 518 g/mol. The molecule has 40 heavy (non-hydrogen) atoms. The fourth-order valence-corrected chi connectivity index (χ4v) is 4.53. The first-order valence-corrected chi connectivity index (χ1v) is 13.6. The Morgan fingerprint density at radius 3 is 2.38 bits per heavy atom. The summed E-state index contributed by atoms with van der Waals surface area (Å²) in [6.45, 7) is 1.90. The predicted octanol–water partition coefficient (Wildman–Crippen LogP) is 4.25. The molecule has 2 amide bonds. The van der Waals surface area contributed by atoms with E-state index < -0.39 is 30.2 Å². The zero-order chi connectivity index (χ0) is 28.6. The van der Waals surface area contributed by atoms with Gasteiger partial charge >= 0.3 is 12.1 Å². The molecule has 0 saturated heterocycles. The lowest BCUT2D eigenvalue weighted by atomic mass is 9.96. The molecule has 0 radical (unpaired) electrons. The van der Waals surface area contributed by atoms with Gasteiger partial charge in [-0.1, -0.05) is 6.42 Å². The van der Waals surface area contributed by atoms with Gasteiger partial charge in [-0.25, -0.2) is 14.6 Å². The number of nitrogens with zero attached hydrogens (tertiary/aromatic N) is 1. The van der Waals surface area contributed by atoms with Crippen LogP contribution < -0.4 is 15.4 Å². The summed E-state index contributed by atoms with van der Waals surface area (Å²) >= 11 is 0. The van der Waals surface area contributed by atoms with Gasteiger partial charge in [0.1, 0.15) is 17.5 Å². The Morgan fingerprint density at radius 2 is 1.70 bits per heavy atom. The van der Waals surface area contributed by atoms with Crippen molar-refractivity contribution < 1.29 is 38.1 Å². The minimum absolute atomic E-state index is 0.00557. The highest BCUT2D eigenvalue weighted by atomic mass is 16.8. The SMILES string of the molecule is CNC(=O)c1ccc(OC)cc1-c1ccc(C(=O)NCC2CC2)nc1C(=O)OC(C)OC(=O)OC1CCCCC1. The van der Waals surface area contributed by atoms with Crippen LogP contribution in [0.3, 0.4) is 0 Å². The molecule has 1 aromatic heterocycles. The lowest BCUT2D eigenvalue weighted by molar-refractivity contribution is -0.0917. The van der Waals surface area contributed by atoms with Crippen molar-refractivity contribution in [2.24, 2.45) is 5.92 Å². The van der Waals surface area contributed by atoms with Gasteiger partial charge in [-0.3, -0.25) is 9.59 Å². The summed E-state index contributed by atoms with van der Waals surface area (Å²) in [6.07, 6.45) is 4.25. The van der Waals surface area contributed by atoms with Crippen LogP contribution in [0.1, 0.15) is 83.2 Å². The van der Waals surface area contributed by atoms with Gasteiger partial charge in [-0.05, 0) is 74.8 Å². The van der Waals surface area contributed by atoms with Crippen LogP contribution in [0, 0.1) is 5.92 Å². The molecule has 2 fully saturated rings. The molecule has 11 heteroatoms. The summed E-state index contributed by atoms with van der Waals surface area (Å²) in [7, 11) is 2.97. The number of benzene rings is 1. The summed E-state index contributed by atoms with van der Waals surface area (Å²) in [4.78, 5) is 55.4. The molecule has 214 valence electrons. The fourth-order valence-electron chi connectivity index (χ4n) is 4.53. The minimum atomic E-state index is -1.30. The van der Waals surface area contributed by atoms with Crippen molar-refractivity contribution in [2.75, 3.05) is 20.7 Å². The highest BCUT2D eigenvalue weighted by Crippen LogP contribution is 2.32.